The highest BCUT2D eigenvalue weighted by atomic mass is 16.5. The molecule has 0 heterocycles. The van der Waals surface area contributed by atoms with Crippen molar-refractivity contribution < 1.29 is 9.47 Å². The molecule has 0 saturated carbocycles. The Morgan fingerprint density at radius 1 is 1.19 bits per heavy atom. The van der Waals surface area contributed by atoms with Crippen LogP contribution in [0.5, 0.6) is 5.75 Å². The molecule has 1 rings (SSSR count). The Bertz CT molecular complexity index is 422. The molecule has 5 nitrogen and oxygen atoms in total. The first-order valence-corrected chi connectivity index (χ1v) is 7.53. The Kier molecular flexibility index (Phi) is 9.04. The lowest BCUT2D eigenvalue weighted by atomic mass is 10.1. The minimum Gasteiger partial charge on any atom is -0.494 e. The fourth-order valence-electron chi connectivity index (χ4n) is 1.91. The fourth-order valence-corrected chi connectivity index (χ4v) is 1.91. The first kappa shape index (κ1) is 17.3. The van der Waals surface area contributed by atoms with Crippen molar-refractivity contribution in [1.29, 1.82) is 0 Å². The zero-order chi connectivity index (χ0) is 15.3. The molecule has 0 spiro atoms. The van der Waals surface area contributed by atoms with Gasteiger partial charge in [-0.25, -0.2) is 0 Å². The van der Waals surface area contributed by atoms with Gasteiger partial charge < -0.3 is 20.1 Å². The highest BCUT2D eigenvalue weighted by Gasteiger charge is 2.03. The van der Waals surface area contributed by atoms with Crippen LogP contribution < -0.4 is 15.4 Å². The Morgan fingerprint density at radius 3 is 2.71 bits per heavy atom. The summed E-state index contributed by atoms with van der Waals surface area (Å²) >= 11 is 0. The normalized spacial score (nSPS) is 11.3. The summed E-state index contributed by atoms with van der Waals surface area (Å²) in [6.07, 6.45) is 0.894. The van der Waals surface area contributed by atoms with Gasteiger partial charge in [-0.1, -0.05) is 18.2 Å². The van der Waals surface area contributed by atoms with Gasteiger partial charge in [-0.2, -0.15) is 0 Å². The number of para-hydroxylation sites is 1. The summed E-state index contributed by atoms with van der Waals surface area (Å²) in [4.78, 5) is 4.43. The molecule has 0 unspecified atom stereocenters. The van der Waals surface area contributed by atoms with E-state index in [2.05, 4.69) is 28.6 Å². The summed E-state index contributed by atoms with van der Waals surface area (Å²) in [5.74, 6) is 1.78. The zero-order valence-corrected chi connectivity index (χ0v) is 13.3. The van der Waals surface area contributed by atoms with Gasteiger partial charge in [-0.3, -0.25) is 4.99 Å². The van der Waals surface area contributed by atoms with Crippen LogP contribution in [0.25, 0.3) is 0 Å². The number of methoxy groups -OCH3 is 1. The summed E-state index contributed by atoms with van der Waals surface area (Å²) in [5, 5.41) is 6.54. The highest BCUT2D eigenvalue weighted by Crippen LogP contribution is 2.17. The van der Waals surface area contributed by atoms with E-state index < -0.39 is 0 Å². The molecule has 0 aliphatic carbocycles. The van der Waals surface area contributed by atoms with Gasteiger partial charge in [0.05, 0.1) is 19.8 Å². The number of nitrogens with zero attached hydrogens (tertiary/aromatic N) is 1. The van der Waals surface area contributed by atoms with Gasteiger partial charge in [0.2, 0.25) is 0 Å². The average Bonchev–Trinajstić information content (AvgIpc) is 2.49. The van der Waals surface area contributed by atoms with E-state index in [1.165, 1.54) is 5.56 Å². The lowest BCUT2D eigenvalue weighted by molar-refractivity contribution is 0.208. The second-order valence-corrected chi connectivity index (χ2v) is 4.47. The van der Waals surface area contributed by atoms with Crippen molar-refractivity contribution in [3.05, 3.63) is 29.8 Å². The number of hydrogen-bond donors (Lipinski definition) is 2. The van der Waals surface area contributed by atoms with Crippen LogP contribution in [0.1, 0.15) is 19.4 Å². The van der Waals surface area contributed by atoms with Crippen molar-refractivity contribution in [2.45, 2.75) is 20.3 Å². The number of benzene rings is 1. The van der Waals surface area contributed by atoms with E-state index in [1.807, 2.05) is 25.1 Å². The third-order valence-corrected chi connectivity index (χ3v) is 2.87. The number of ether oxygens (including phenoxy) is 2. The minimum absolute atomic E-state index is 0.629. The van der Waals surface area contributed by atoms with Crippen LogP contribution in [0, 0.1) is 0 Å². The molecule has 0 amide bonds. The van der Waals surface area contributed by atoms with Gasteiger partial charge in [0, 0.05) is 20.2 Å². The van der Waals surface area contributed by atoms with Gasteiger partial charge in [0.15, 0.2) is 5.96 Å². The first-order chi connectivity index (χ1) is 10.3. The van der Waals surface area contributed by atoms with E-state index in [0.717, 1.165) is 31.2 Å². The van der Waals surface area contributed by atoms with Crippen LogP contribution >= 0.6 is 0 Å². The molecule has 0 atom stereocenters. The third kappa shape index (κ3) is 6.99. The van der Waals surface area contributed by atoms with Crippen molar-refractivity contribution in [2.24, 2.45) is 4.99 Å². The predicted octanol–water partition coefficient (Wildman–Crippen LogP) is 1.83. The van der Waals surface area contributed by atoms with Crippen LogP contribution in [-0.4, -0.2) is 45.9 Å². The molecule has 0 radical (unpaired) electrons. The van der Waals surface area contributed by atoms with E-state index in [9.17, 15) is 0 Å². The molecule has 0 aliphatic rings. The van der Waals surface area contributed by atoms with Crippen molar-refractivity contribution in [1.82, 2.24) is 10.6 Å². The van der Waals surface area contributed by atoms with Crippen LogP contribution in [-0.2, 0) is 11.2 Å². The molecular weight excluding hydrogens is 266 g/mol. The highest BCUT2D eigenvalue weighted by molar-refractivity contribution is 5.79. The second-order valence-electron chi connectivity index (χ2n) is 4.47. The topological polar surface area (TPSA) is 54.9 Å². The molecule has 5 heteroatoms. The summed E-state index contributed by atoms with van der Waals surface area (Å²) in [6, 6.07) is 8.15. The maximum Gasteiger partial charge on any atom is 0.191 e. The first-order valence-electron chi connectivity index (χ1n) is 7.53. The lowest BCUT2D eigenvalue weighted by Gasteiger charge is -2.13. The number of rotatable bonds is 9. The Labute approximate surface area is 127 Å². The number of guanidine groups is 1. The summed E-state index contributed by atoms with van der Waals surface area (Å²) < 4.78 is 10.6. The molecule has 1 aromatic rings. The van der Waals surface area contributed by atoms with E-state index >= 15 is 0 Å². The smallest absolute Gasteiger partial charge is 0.191 e. The fraction of sp³-hybridized carbons (Fsp3) is 0.562. The average molecular weight is 293 g/mol. The molecular formula is C16H27N3O2. The summed E-state index contributed by atoms with van der Waals surface area (Å²) in [7, 11) is 1.68. The molecule has 1 aromatic carbocycles. The van der Waals surface area contributed by atoms with E-state index in [-0.39, 0.29) is 0 Å². The molecule has 0 fully saturated rings. The molecule has 2 N–H and O–H groups in total. The number of aliphatic imine (C=N–C) groups is 1. The van der Waals surface area contributed by atoms with E-state index in [1.54, 1.807) is 7.11 Å². The number of nitrogens with one attached hydrogen (secondary N) is 2. The van der Waals surface area contributed by atoms with Gasteiger partial charge in [-0.05, 0) is 31.9 Å². The summed E-state index contributed by atoms with van der Waals surface area (Å²) in [5.41, 5.74) is 1.21. The zero-order valence-electron chi connectivity index (χ0n) is 13.3. The van der Waals surface area contributed by atoms with Gasteiger partial charge in [0.1, 0.15) is 5.75 Å². The maximum atomic E-state index is 5.63. The molecule has 0 saturated heterocycles. The molecule has 0 aromatic heterocycles. The predicted molar refractivity (Wildman–Crippen MR) is 87.2 cm³/mol. The Balaban J connectivity index is 2.48. The Morgan fingerprint density at radius 2 is 2.00 bits per heavy atom. The molecule has 21 heavy (non-hydrogen) atoms. The van der Waals surface area contributed by atoms with Crippen molar-refractivity contribution in [2.75, 3.05) is 40.0 Å². The van der Waals surface area contributed by atoms with Crippen LogP contribution in [0.3, 0.4) is 0 Å². The van der Waals surface area contributed by atoms with Crippen LogP contribution in [0.2, 0.25) is 0 Å². The summed E-state index contributed by atoms with van der Waals surface area (Å²) in [6.45, 7) is 7.67. The van der Waals surface area contributed by atoms with Gasteiger partial charge in [0.25, 0.3) is 0 Å². The monoisotopic (exact) mass is 293 g/mol. The number of hydrogen-bond acceptors (Lipinski definition) is 3. The SMILES string of the molecule is CCNC(=NCCOC)NCCc1ccccc1OCC. The molecule has 118 valence electrons. The van der Waals surface area contributed by atoms with Crippen molar-refractivity contribution in [3.63, 3.8) is 0 Å². The van der Waals surface area contributed by atoms with Crippen LogP contribution in [0.15, 0.2) is 29.3 Å². The third-order valence-electron chi connectivity index (χ3n) is 2.87. The maximum absolute atomic E-state index is 5.63. The van der Waals surface area contributed by atoms with Gasteiger partial charge in [-0.15, -0.1) is 0 Å². The quantitative estimate of drug-likeness (QED) is 0.414. The standard InChI is InChI=1S/C16H27N3O2/c1-4-17-16(19-12-13-20-3)18-11-10-14-8-6-7-9-15(14)21-5-2/h6-9H,4-5,10-13H2,1-3H3,(H2,17,18,19). The van der Waals surface area contributed by atoms with E-state index in [0.29, 0.717) is 19.8 Å². The lowest BCUT2D eigenvalue weighted by Crippen LogP contribution is -2.38. The van der Waals surface area contributed by atoms with E-state index in [4.69, 9.17) is 9.47 Å². The van der Waals surface area contributed by atoms with Gasteiger partial charge >= 0.3 is 0 Å². The second kappa shape index (κ2) is 11.0. The molecule has 0 bridgehead atoms. The van der Waals surface area contributed by atoms with Crippen molar-refractivity contribution in [3.8, 4) is 5.75 Å². The van der Waals surface area contributed by atoms with Crippen molar-refractivity contribution >= 4 is 5.96 Å². The van der Waals surface area contributed by atoms with Crippen LogP contribution in [0.4, 0.5) is 0 Å². The largest absolute Gasteiger partial charge is 0.494 e. The Hall–Kier alpha value is -1.75. The minimum atomic E-state index is 0.629. The molecule has 0 aliphatic heterocycles.